The number of rotatable bonds is 7. The van der Waals surface area contributed by atoms with Crippen LogP contribution in [0, 0.1) is 10.1 Å². The number of benzene rings is 2. The molecule has 0 fully saturated rings. The lowest BCUT2D eigenvalue weighted by molar-refractivity contribution is -0.384. The molecule has 1 amide bonds. The van der Waals surface area contributed by atoms with Gasteiger partial charge in [0.25, 0.3) is 5.69 Å². The Morgan fingerprint density at radius 1 is 1.26 bits per heavy atom. The summed E-state index contributed by atoms with van der Waals surface area (Å²) in [7, 11) is 1.60. The van der Waals surface area contributed by atoms with Gasteiger partial charge < -0.3 is 15.8 Å². The molecule has 27 heavy (non-hydrogen) atoms. The number of hydrogen-bond acceptors (Lipinski definition) is 6. The molecule has 9 heteroatoms. The average Bonchev–Trinajstić information content (AvgIpc) is 3.15. The third kappa shape index (κ3) is 4.03. The lowest BCUT2D eigenvalue weighted by atomic mass is 10.1. The minimum atomic E-state index is -0.720. The number of primary amides is 1. The molecule has 0 aliphatic carbocycles. The van der Waals surface area contributed by atoms with Gasteiger partial charge in [-0.25, -0.2) is 4.68 Å². The Bertz CT molecular complexity index is 982. The van der Waals surface area contributed by atoms with Gasteiger partial charge in [0.1, 0.15) is 11.4 Å². The average molecular weight is 367 g/mol. The number of nitrogens with one attached hydrogen (secondary N) is 1. The third-order valence-electron chi connectivity index (χ3n) is 3.92. The van der Waals surface area contributed by atoms with E-state index in [1.165, 1.54) is 12.1 Å². The molecular weight excluding hydrogens is 350 g/mol. The van der Waals surface area contributed by atoms with Gasteiger partial charge in [0.15, 0.2) is 0 Å². The predicted octanol–water partition coefficient (Wildman–Crippen LogP) is 2.50. The van der Waals surface area contributed by atoms with E-state index in [9.17, 15) is 14.9 Å². The number of amides is 1. The van der Waals surface area contributed by atoms with Crippen LogP contribution in [0.15, 0.2) is 54.7 Å². The zero-order chi connectivity index (χ0) is 19.4. The van der Waals surface area contributed by atoms with Crippen molar-refractivity contribution in [3.8, 4) is 11.4 Å². The van der Waals surface area contributed by atoms with Gasteiger partial charge in [-0.2, -0.15) is 5.10 Å². The molecule has 0 aliphatic heterocycles. The van der Waals surface area contributed by atoms with Crippen molar-refractivity contribution in [2.75, 3.05) is 12.4 Å². The topological polar surface area (TPSA) is 125 Å². The number of ether oxygens (including phenoxy) is 1. The Labute approximate surface area is 154 Å². The van der Waals surface area contributed by atoms with Crippen LogP contribution in [-0.4, -0.2) is 27.7 Å². The number of aromatic nitrogens is 2. The highest BCUT2D eigenvalue weighted by Crippen LogP contribution is 2.26. The molecule has 3 N–H and O–H groups in total. The van der Waals surface area contributed by atoms with Crippen molar-refractivity contribution in [3.63, 3.8) is 0 Å². The number of carbonyl (C=O) groups excluding carboxylic acids is 1. The second kappa shape index (κ2) is 7.56. The molecule has 0 aliphatic rings. The number of anilines is 1. The van der Waals surface area contributed by atoms with Crippen molar-refractivity contribution >= 4 is 17.3 Å². The number of methoxy groups -OCH3 is 1. The van der Waals surface area contributed by atoms with Gasteiger partial charge in [0, 0.05) is 17.8 Å². The SMILES string of the molecule is COc1ccc(-n2ccc(CNc3ccc(C(N)=O)cc3[N+](=O)[O-])n2)cc1. The third-order valence-corrected chi connectivity index (χ3v) is 3.92. The molecule has 3 rings (SSSR count). The lowest BCUT2D eigenvalue weighted by Gasteiger charge is -2.07. The zero-order valence-electron chi connectivity index (χ0n) is 14.5. The molecule has 2 aromatic carbocycles. The van der Waals surface area contributed by atoms with E-state index in [4.69, 9.17) is 10.5 Å². The highest BCUT2D eigenvalue weighted by Gasteiger charge is 2.16. The van der Waals surface area contributed by atoms with Crippen LogP contribution in [0.4, 0.5) is 11.4 Å². The highest BCUT2D eigenvalue weighted by molar-refractivity contribution is 5.94. The summed E-state index contributed by atoms with van der Waals surface area (Å²) < 4.78 is 6.82. The maximum absolute atomic E-state index is 11.2. The first-order valence-electron chi connectivity index (χ1n) is 7.99. The number of hydrogen-bond donors (Lipinski definition) is 2. The van der Waals surface area contributed by atoms with Crippen molar-refractivity contribution in [1.29, 1.82) is 0 Å². The van der Waals surface area contributed by atoms with Crippen molar-refractivity contribution in [2.45, 2.75) is 6.54 Å². The fraction of sp³-hybridized carbons (Fsp3) is 0.111. The van der Waals surface area contributed by atoms with Crippen LogP contribution in [0.5, 0.6) is 5.75 Å². The number of nitro groups is 1. The number of nitro benzene ring substituents is 1. The Morgan fingerprint density at radius 2 is 2.00 bits per heavy atom. The Balaban J connectivity index is 1.74. The fourth-order valence-corrected chi connectivity index (χ4v) is 2.51. The Kier molecular flexibility index (Phi) is 5.02. The predicted molar refractivity (Wildman–Crippen MR) is 99.1 cm³/mol. The van der Waals surface area contributed by atoms with E-state index in [1.54, 1.807) is 24.1 Å². The van der Waals surface area contributed by atoms with Crippen molar-refractivity contribution in [3.05, 3.63) is 76.1 Å². The van der Waals surface area contributed by atoms with Crippen LogP contribution in [0.1, 0.15) is 16.1 Å². The maximum Gasteiger partial charge on any atom is 0.293 e. The van der Waals surface area contributed by atoms with Crippen LogP contribution in [0.3, 0.4) is 0 Å². The van der Waals surface area contributed by atoms with E-state index in [2.05, 4.69) is 10.4 Å². The summed E-state index contributed by atoms with van der Waals surface area (Å²) in [5.74, 6) is 0.0300. The summed E-state index contributed by atoms with van der Waals surface area (Å²) in [6.45, 7) is 0.278. The molecular formula is C18H17N5O4. The van der Waals surface area contributed by atoms with E-state index < -0.39 is 10.8 Å². The fourth-order valence-electron chi connectivity index (χ4n) is 2.51. The van der Waals surface area contributed by atoms with Gasteiger partial charge in [-0.1, -0.05) is 0 Å². The molecule has 0 atom stereocenters. The lowest BCUT2D eigenvalue weighted by Crippen LogP contribution is -2.12. The van der Waals surface area contributed by atoms with E-state index in [0.717, 1.165) is 17.5 Å². The summed E-state index contributed by atoms with van der Waals surface area (Å²) in [6, 6.07) is 13.3. The summed E-state index contributed by atoms with van der Waals surface area (Å²) in [4.78, 5) is 21.9. The van der Waals surface area contributed by atoms with Gasteiger partial charge >= 0.3 is 0 Å². The summed E-state index contributed by atoms with van der Waals surface area (Å²) in [6.07, 6.45) is 1.80. The van der Waals surface area contributed by atoms with Gasteiger partial charge in [-0.05, 0) is 42.5 Å². The van der Waals surface area contributed by atoms with Crippen LogP contribution in [0.25, 0.3) is 5.69 Å². The van der Waals surface area contributed by atoms with Crippen LogP contribution < -0.4 is 15.8 Å². The van der Waals surface area contributed by atoms with Crippen LogP contribution in [0.2, 0.25) is 0 Å². The Hall–Kier alpha value is -3.88. The molecule has 1 heterocycles. The largest absolute Gasteiger partial charge is 0.497 e. The van der Waals surface area contributed by atoms with Gasteiger partial charge in [-0.15, -0.1) is 0 Å². The van der Waals surface area contributed by atoms with Gasteiger partial charge in [0.05, 0.1) is 30.0 Å². The molecule has 1 aromatic heterocycles. The van der Waals surface area contributed by atoms with E-state index in [0.29, 0.717) is 5.69 Å². The van der Waals surface area contributed by atoms with Crippen LogP contribution in [-0.2, 0) is 6.54 Å². The minimum absolute atomic E-state index is 0.0797. The van der Waals surface area contributed by atoms with Gasteiger partial charge in [0.2, 0.25) is 5.91 Å². The van der Waals surface area contributed by atoms with Crippen molar-refractivity contribution in [2.24, 2.45) is 5.73 Å². The zero-order valence-corrected chi connectivity index (χ0v) is 14.5. The monoisotopic (exact) mass is 367 g/mol. The van der Waals surface area contributed by atoms with Crippen LogP contribution >= 0.6 is 0 Å². The van der Waals surface area contributed by atoms with Crippen molar-refractivity contribution in [1.82, 2.24) is 9.78 Å². The summed E-state index contributed by atoms with van der Waals surface area (Å²) >= 11 is 0. The van der Waals surface area contributed by atoms with E-state index in [-0.39, 0.29) is 23.5 Å². The smallest absolute Gasteiger partial charge is 0.293 e. The molecule has 0 spiro atoms. The molecule has 0 saturated heterocycles. The van der Waals surface area contributed by atoms with E-state index >= 15 is 0 Å². The molecule has 138 valence electrons. The van der Waals surface area contributed by atoms with Crippen molar-refractivity contribution < 1.29 is 14.5 Å². The second-order valence-electron chi connectivity index (χ2n) is 5.66. The standard InChI is InChI=1S/C18H17N5O4/c1-27-15-5-3-14(4-6-15)22-9-8-13(21-22)11-20-16-7-2-12(18(19)24)10-17(16)23(25)26/h2-10,20H,11H2,1H3,(H2,19,24). The Morgan fingerprint density at radius 3 is 2.63 bits per heavy atom. The molecule has 0 bridgehead atoms. The highest BCUT2D eigenvalue weighted by atomic mass is 16.6. The number of nitrogens with two attached hydrogens (primary N) is 1. The molecule has 9 nitrogen and oxygen atoms in total. The summed E-state index contributed by atoms with van der Waals surface area (Å²) in [5.41, 5.74) is 6.86. The molecule has 0 saturated carbocycles. The minimum Gasteiger partial charge on any atom is -0.497 e. The normalized spacial score (nSPS) is 10.4. The van der Waals surface area contributed by atoms with Gasteiger partial charge in [-0.3, -0.25) is 14.9 Å². The maximum atomic E-state index is 11.2. The first-order valence-corrected chi connectivity index (χ1v) is 7.99. The molecule has 0 radical (unpaired) electrons. The number of nitrogens with zero attached hydrogens (tertiary/aromatic N) is 3. The quantitative estimate of drug-likeness (QED) is 0.488. The summed E-state index contributed by atoms with van der Waals surface area (Å²) in [5, 5.41) is 18.6. The number of carbonyl (C=O) groups is 1. The molecule has 3 aromatic rings. The molecule has 0 unspecified atom stereocenters. The van der Waals surface area contributed by atoms with E-state index in [1.807, 2.05) is 24.3 Å². The first kappa shape index (κ1) is 17.9. The second-order valence-corrected chi connectivity index (χ2v) is 5.66. The first-order chi connectivity index (χ1) is 13.0.